The number of nitrogen functional groups attached to an aromatic ring is 1. The molecule has 1 fully saturated rings. The van der Waals surface area contributed by atoms with Gasteiger partial charge in [0.1, 0.15) is 5.82 Å². The van der Waals surface area contributed by atoms with E-state index in [1.54, 1.807) is 11.3 Å². The zero-order valence-corrected chi connectivity index (χ0v) is 11.5. The Balaban J connectivity index is 1.98. The Kier molecular flexibility index (Phi) is 3.27. The molecule has 0 aliphatic heterocycles. The lowest BCUT2D eigenvalue weighted by atomic mass is 10.3. The van der Waals surface area contributed by atoms with Crippen molar-refractivity contribution in [2.24, 2.45) is 0 Å². The van der Waals surface area contributed by atoms with Gasteiger partial charge in [0.05, 0.1) is 11.5 Å². The second-order valence-corrected chi connectivity index (χ2v) is 5.81. The van der Waals surface area contributed by atoms with E-state index in [0.717, 1.165) is 17.7 Å². The summed E-state index contributed by atoms with van der Waals surface area (Å²) in [7, 11) is 0. The molecule has 2 N–H and O–H groups in total. The van der Waals surface area contributed by atoms with E-state index in [4.69, 9.17) is 5.73 Å². The van der Waals surface area contributed by atoms with E-state index in [0.29, 0.717) is 24.2 Å². The third-order valence-electron chi connectivity index (χ3n) is 3.24. The van der Waals surface area contributed by atoms with E-state index in [1.807, 2.05) is 22.4 Å². The fourth-order valence-electron chi connectivity index (χ4n) is 2.14. The van der Waals surface area contributed by atoms with Crippen LogP contribution in [0.5, 0.6) is 0 Å². The lowest BCUT2D eigenvalue weighted by Gasteiger charge is -2.22. The number of anilines is 2. The van der Waals surface area contributed by atoms with Gasteiger partial charge in [-0.15, -0.1) is 11.3 Å². The molecule has 1 aliphatic carbocycles. The van der Waals surface area contributed by atoms with Crippen molar-refractivity contribution >= 4 is 28.7 Å². The normalized spacial score (nSPS) is 14.2. The van der Waals surface area contributed by atoms with E-state index in [-0.39, 0.29) is 5.69 Å². The number of nitrogens with two attached hydrogens (primary N) is 1. The van der Waals surface area contributed by atoms with Gasteiger partial charge in [0, 0.05) is 17.0 Å². The average Bonchev–Trinajstić information content (AvgIpc) is 3.12. The van der Waals surface area contributed by atoms with Crippen LogP contribution in [0.25, 0.3) is 0 Å². The van der Waals surface area contributed by atoms with Crippen molar-refractivity contribution in [3.05, 3.63) is 44.6 Å². The van der Waals surface area contributed by atoms with Crippen LogP contribution < -0.4 is 10.6 Å². The highest BCUT2D eigenvalue weighted by atomic mass is 32.1. The molecule has 104 valence electrons. The maximum Gasteiger partial charge on any atom is 0.311 e. The largest absolute Gasteiger partial charge is 0.384 e. The monoisotopic (exact) mass is 290 g/mol. The Labute approximate surface area is 120 Å². The van der Waals surface area contributed by atoms with Crippen LogP contribution in [0.3, 0.4) is 0 Å². The molecule has 2 heterocycles. The number of hydrogen-bond acceptors (Lipinski definition) is 6. The van der Waals surface area contributed by atoms with Crippen molar-refractivity contribution in [3.63, 3.8) is 0 Å². The molecular weight excluding hydrogens is 276 g/mol. The maximum atomic E-state index is 11.2. The average molecular weight is 290 g/mol. The smallest absolute Gasteiger partial charge is 0.311 e. The molecule has 20 heavy (non-hydrogen) atoms. The van der Waals surface area contributed by atoms with Gasteiger partial charge in [-0.3, -0.25) is 10.1 Å². The molecule has 1 aliphatic rings. The van der Waals surface area contributed by atoms with Gasteiger partial charge >= 0.3 is 5.69 Å². The minimum absolute atomic E-state index is 0.0163. The van der Waals surface area contributed by atoms with Crippen molar-refractivity contribution in [2.75, 3.05) is 10.6 Å². The van der Waals surface area contributed by atoms with Crippen LogP contribution in [-0.4, -0.2) is 15.9 Å². The molecule has 0 saturated heterocycles. The number of pyridine rings is 1. The van der Waals surface area contributed by atoms with Crippen LogP contribution in [0.1, 0.15) is 17.7 Å². The molecule has 0 aromatic carbocycles. The second-order valence-electron chi connectivity index (χ2n) is 4.77. The summed E-state index contributed by atoms with van der Waals surface area (Å²) in [5.41, 5.74) is 5.72. The first-order chi connectivity index (χ1) is 9.65. The van der Waals surface area contributed by atoms with Gasteiger partial charge in [0.25, 0.3) is 0 Å². The maximum absolute atomic E-state index is 11.2. The molecule has 6 nitrogen and oxygen atoms in total. The van der Waals surface area contributed by atoms with E-state index < -0.39 is 4.92 Å². The van der Waals surface area contributed by atoms with Crippen LogP contribution in [0.2, 0.25) is 0 Å². The fraction of sp³-hybridized carbons (Fsp3) is 0.308. The van der Waals surface area contributed by atoms with E-state index in [1.165, 1.54) is 12.1 Å². The predicted molar refractivity (Wildman–Crippen MR) is 78.8 cm³/mol. The lowest BCUT2D eigenvalue weighted by molar-refractivity contribution is -0.384. The first kappa shape index (κ1) is 12.9. The SMILES string of the molecule is Nc1ccc([N+](=O)[O-])c(N(Cc2cccs2)C2CC2)n1. The summed E-state index contributed by atoms with van der Waals surface area (Å²) in [6.07, 6.45) is 2.08. The van der Waals surface area contributed by atoms with Crippen LogP contribution in [0.4, 0.5) is 17.3 Å². The fourth-order valence-corrected chi connectivity index (χ4v) is 2.85. The third kappa shape index (κ3) is 2.57. The molecule has 2 aromatic rings. The first-order valence-electron chi connectivity index (χ1n) is 6.35. The molecule has 0 atom stereocenters. The zero-order chi connectivity index (χ0) is 14.1. The molecule has 0 unspecified atom stereocenters. The van der Waals surface area contributed by atoms with Gasteiger partial charge in [-0.2, -0.15) is 0 Å². The summed E-state index contributed by atoms with van der Waals surface area (Å²) in [5.74, 6) is 0.688. The summed E-state index contributed by atoms with van der Waals surface area (Å²) in [6.45, 7) is 0.639. The molecule has 1 saturated carbocycles. The topological polar surface area (TPSA) is 85.3 Å². The van der Waals surface area contributed by atoms with Crippen LogP contribution in [0.15, 0.2) is 29.6 Å². The number of thiophene rings is 1. The van der Waals surface area contributed by atoms with Gasteiger partial charge in [0.15, 0.2) is 0 Å². The molecule has 0 amide bonds. The second kappa shape index (κ2) is 5.09. The summed E-state index contributed by atoms with van der Waals surface area (Å²) in [6, 6.07) is 7.23. The van der Waals surface area contributed by atoms with Gasteiger partial charge in [-0.1, -0.05) is 6.07 Å². The molecule has 2 aromatic heterocycles. The quantitative estimate of drug-likeness (QED) is 0.676. The van der Waals surface area contributed by atoms with Crippen LogP contribution >= 0.6 is 11.3 Å². The number of nitro groups is 1. The van der Waals surface area contributed by atoms with Crippen molar-refractivity contribution in [1.29, 1.82) is 0 Å². The summed E-state index contributed by atoms with van der Waals surface area (Å²) >= 11 is 1.64. The number of nitrogens with zero attached hydrogens (tertiary/aromatic N) is 3. The van der Waals surface area contributed by atoms with Crippen molar-refractivity contribution < 1.29 is 4.92 Å². The van der Waals surface area contributed by atoms with Gasteiger partial charge in [0.2, 0.25) is 5.82 Å². The predicted octanol–water partition coefficient (Wildman–Crippen LogP) is 2.80. The minimum atomic E-state index is -0.397. The highest BCUT2D eigenvalue weighted by Gasteiger charge is 2.34. The first-order valence-corrected chi connectivity index (χ1v) is 7.23. The molecule has 7 heteroatoms. The van der Waals surface area contributed by atoms with Gasteiger partial charge in [-0.05, 0) is 30.4 Å². The minimum Gasteiger partial charge on any atom is -0.384 e. The van der Waals surface area contributed by atoms with E-state index in [2.05, 4.69) is 4.98 Å². The lowest BCUT2D eigenvalue weighted by Crippen LogP contribution is -2.26. The summed E-state index contributed by atoms with van der Waals surface area (Å²) in [4.78, 5) is 18.2. The van der Waals surface area contributed by atoms with Crippen LogP contribution in [0, 0.1) is 10.1 Å². The molecule has 0 bridgehead atoms. The Morgan fingerprint density at radius 3 is 2.85 bits per heavy atom. The molecule has 3 rings (SSSR count). The third-order valence-corrected chi connectivity index (χ3v) is 4.10. The zero-order valence-electron chi connectivity index (χ0n) is 10.7. The standard InChI is InChI=1S/C13H14N4O2S/c14-12-6-5-11(17(18)19)13(15-12)16(9-3-4-9)8-10-2-1-7-20-10/h1-2,5-7,9H,3-4,8H2,(H2,14,15). The number of rotatable bonds is 5. The van der Waals surface area contributed by atoms with Gasteiger partial charge < -0.3 is 10.6 Å². The Morgan fingerprint density at radius 2 is 2.25 bits per heavy atom. The number of aromatic nitrogens is 1. The molecule has 0 spiro atoms. The van der Waals surface area contributed by atoms with Crippen molar-refractivity contribution in [2.45, 2.75) is 25.4 Å². The number of hydrogen-bond donors (Lipinski definition) is 1. The van der Waals surface area contributed by atoms with Gasteiger partial charge in [-0.25, -0.2) is 4.98 Å². The summed E-state index contributed by atoms with van der Waals surface area (Å²) < 4.78 is 0. The molecular formula is C13H14N4O2S. The van der Waals surface area contributed by atoms with E-state index >= 15 is 0 Å². The van der Waals surface area contributed by atoms with Crippen molar-refractivity contribution in [1.82, 2.24) is 4.98 Å². The summed E-state index contributed by atoms with van der Waals surface area (Å²) in [5, 5.41) is 13.2. The molecule has 0 radical (unpaired) electrons. The Hall–Kier alpha value is -2.15. The Bertz CT molecular complexity index is 625. The van der Waals surface area contributed by atoms with Crippen molar-refractivity contribution in [3.8, 4) is 0 Å². The highest BCUT2D eigenvalue weighted by molar-refractivity contribution is 7.09. The van der Waals surface area contributed by atoms with Crippen LogP contribution in [-0.2, 0) is 6.54 Å². The van der Waals surface area contributed by atoms with E-state index in [9.17, 15) is 10.1 Å². The highest BCUT2D eigenvalue weighted by Crippen LogP contribution is 2.37. The Morgan fingerprint density at radius 1 is 1.45 bits per heavy atom.